The van der Waals surface area contributed by atoms with Crippen LogP contribution in [0, 0.1) is 6.92 Å². The first kappa shape index (κ1) is 11.2. The van der Waals surface area contributed by atoms with Gasteiger partial charge >= 0.3 is 18.9 Å². The Bertz CT molecular complexity index is 261. The van der Waals surface area contributed by atoms with Crippen LogP contribution in [0.4, 0.5) is 0 Å². The molecule has 1 aromatic rings. The van der Waals surface area contributed by atoms with Crippen molar-refractivity contribution < 1.29 is 33.2 Å². The van der Waals surface area contributed by atoms with Crippen molar-refractivity contribution in [3.05, 3.63) is 11.8 Å². The molecule has 0 aliphatic rings. The first-order valence-corrected chi connectivity index (χ1v) is 3.17. The van der Waals surface area contributed by atoms with Gasteiger partial charge < -0.3 is 14.3 Å². The zero-order chi connectivity index (χ0) is 8.27. The van der Waals surface area contributed by atoms with Gasteiger partial charge in [-0.25, -0.2) is 0 Å². The predicted molar refractivity (Wildman–Crippen MR) is 32.4 cm³/mol. The molecule has 0 N–H and O–H groups in total. The zero-order valence-electron chi connectivity index (χ0n) is 7.03. The van der Waals surface area contributed by atoms with Crippen molar-refractivity contribution in [2.45, 2.75) is 19.8 Å². The Morgan fingerprint density at radius 2 is 2.25 bits per heavy atom. The largest absolute Gasteiger partial charge is 1.00 e. The molecule has 1 heterocycles. The Morgan fingerprint density at radius 1 is 1.58 bits per heavy atom. The number of carboxylic acid groups (broad SMARTS) is 1. The summed E-state index contributed by atoms with van der Waals surface area (Å²) in [5.41, 5.74) is 0. The molecule has 0 radical (unpaired) electrons. The monoisotopic (exact) mass is 162 g/mol. The van der Waals surface area contributed by atoms with Crippen molar-refractivity contribution in [3.63, 3.8) is 0 Å². The summed E-state index contributed by atoms with van der Waals surface area (Å²) in [5, 5.41) is 17.1. The van der Waals surface area contributed by atoms with E-state index in [1.54, 1.807) is 6.92 Å². The molecule has 5 nitrogen and oxygen atoms in total. The fourth-order valence-electron chi connectivity index (χ4n) is 0.648. The van der Waals surface area contributed by atoms with Gasteiger partial charge in [-0.1, -0.05) is 0 Å². The van der Waals surface area contributed by atoms with E-state index in [2.05, 4.69) is 10.2 Å². The van der Waals surface area contributed by atoms with Crippen molar-refractivity contribution in [2.75, 3.05) is 0 Å². The van der Waals surface area contributed by atoms with Gasteiger partial charge in [0.05, 0.1) is 0 Å². The number of nitrogens with zero attached hydrogens (tertiary/aromatic N) is 2. The Labute approximate surface area is 81.3 Å². The first-order valence-electron chi connectivity index (χ1n) is 3.17. The fraction of sp³-hybridized carbons (Fsp3) is 0.500. The van der Waals surface area contributed by atoms with Crippen molar-refractivity contribution in [1.29, 1.82) is 0 Å². The van der Waals surface area contributed by atoms with Gasteiger partial charge in [0.15, 0.2) is 0 Å². The number of carboxylic acids is 1. The smallest absolute Gasteiger partial charge is 0.550 e. The second-order valence-corrected chi connectivity index (χ2v) is 2.09. The summed E-state index contributed by atoms with van der Waals surface area (Å²) in [7, 11) is 0. The molecule has 0 aromatic carbocycles. The standard InChI is InChI=1S/C6H8N2O3.Li/c1-4-7-8-5(11-4)2-3-6(9)10;/h2-3H2,1H3,(H,9,10);/q;+1/p-1. The van der Waals surface area contributed by atoms with Crippen LogP contribution >= 0.6 is 0 Å². The summed E-state index contributed by atoms with van der Waals surface area (Å²) in [4.78, 5) is 9.98. The van der Waals surface area contributed by atoms with E-state index in [1.165, 1.54) is 0 Å². The Hall–Kier alpha value is -0.793. The van der Waals surface area contributed by atoms with Crippen LogP contribution in [0.5, 0.6) is 0 Å². The maximum Gasteiger partial charge on any atom is 1.00 e. The number of rotatable bonds is 3. The van der Waals surface area contributed by atoms with Gasteiger partial charge in [0, 0.05) is 19.3 Å². The molecular weight excluding hydrogens is 155 g/mol. The second-order valence-electron chi connectivity index (χ2n) is 2.09. The van der Waals surface area contributed by atoms with E-state index < -0.39 is 5.97 Å². The van der Waals surface area contributed by atoms with Crippen molar-refractivity contribution in [1.82, 2.24) is 10.2 Å². The van der Waals surface area contributed by atoms with Gasteiger partial charge in [0.1, 0.15) is 0 Å². The van der Waals surface area contributed by atoms with E-state index in [4.69, 9.17) is 4.42 Å². The van der Waals surface area contributed by atoms with E-state index in [0.717, 1.165) is 0 Å². The molecule has 1 aromatic heterocycles. The number of carbonyl (C=O) groups excluding carboxylic acids is 1. The quantitative estimate of drug-likeness (QED) is 0.424. The normalized spacial score (nSPS) is 9.08. The molecule has 0 spiro atoms. The van der Waals surface area contributed by atoms with Gasteiger partial charge in [-0.2, -0.15) is 0 Å². The zero-order valence-corrected chi connectivity index (χ0v) is 7.03. The van der Waals surface area contributed by atoms with Crippen molar-refractivity contribution in [3.8, 4) is 0 Å². The summed E-state index contributed by atoms with van der Waals surface area (Å²) >= 11 is 0. The van der Waals surface area contributed by atoms with E-state index in [9.17, 15) is 9.90 Å². The van der Waals surface area contributed by atoms with Crippen LogP contribution in [0.25, 0.3) is 0 Å². The molecule has 0 fully saturated rings. The number of hydrogen-bond donors (Lipinski definition) is 0. The van der Waals surface area contributed by atoms with Crippen LogP contribution in [0.15, 0.2) is 4.42 Å². The predicted octanol–water partition coefficient (Wildman–Crippen LogP) is -3.94. The topological polar surface area (TPSA) is 79.0 Å². The summed E-state index contributed by atoms with van der Waals surface area (Å²) in [6.07, 6.45) is 0.158. The molecule has 0 atom stereocenters. The second kappa shape index (κ2) is 4.96. The number of carbonyl (C=O) groups is 1. The average Bonchev–Trinajstić information content (AvgIpc) is 2.31. The molecule has 12 heavy (non-hydrogen) atoms. The van der Waals surface area contributed by atoms with E-state index in [-0.39, 0.29) is 31.7 Å². The SMILES string of the molecule is Cc1nnc(CCC(=O)[O-])o1.[Li+]. The third kappa shape index (κ3) is 3.56. The summed E-state index contributed by atoms with van der Waals surface area (Å²) in [6, 6.07) is 0. The number of aromatic nitrogens is 2. The minimum absolute atomic E-state index is 0. The van der Waals surface area contributed by atoms with Crippen LogP contribution in [0.3, 0.4) is 0 Å². The van der Waals surface area contributed by atoms with E-state index in [1.807, 2.05) is 0 Å². The van der Waals surface area contributed by atoms with Crippen molar-refractivity contribution in [2.24, 2.45) is 0 Å². The minimum atomic E-state index is -1.11. The molecule has 6 heteroatoms. The van der Waals surface area contributed by atoms with Gasteiger partial charge in [-0.15, -0.1) is 10.2 Å². The third-order valence-electron chi connectivity index (χ3n) is 1.11. The molecular formula is C6H7LiN2O3. The average molecular weight is 162 g/mol. The van der Waals surface area contributed by atoms with Crippen LogP contribution in [-0.2, 0) is 11.2 Å². The number of aliphatic carboxylic acids is 1. The van der Waals surface area contributed by atoms with Gasteiger partial charge in [-0.3, -0.25) is 0 Å². The summed E-state index contributed by atoms with van der Waals surface area (Å²) < 4.78 is 4.92. The molecule has 60 valence electrons. The molecule has 0 bridgehead atoms. The molecule has 0 unspecified atom stereocenters. The van der Waals surface area contributed by atoms with Crippen LogP contribution in [-0.4, -0.2) is 16.2 Å². The molecule has 0 amide bonds. The van der Waals surface area contributed by atoms with Gasteiger partial charge in [-0.05, 0) is 6.42 Å². The Balaban J connectivity index is 0.00000121. The van der Waals surface area contributed by atoms with E-state index >= 15 is 0 Å². The number of hydrogen-bond acceptors (Lipinski definition) is 5. The van der Waals surface area contributed by atoms with Crippen LogP contribution in [0.2, 0.25) is 0 Å². The van der Waals surface area contributed by atoms with Crippen molar-refractivity contribution >= 4 is 5.97 Å². The Kier molecular flexibility index (Phi) is 4.63. The maximum atomic E-state index is 9.98. The summed E-state index contributed by atoms with van der Waals surface area (Å²) in [5.74, 6) is -0.328. The molecule has 0 saturated heterocycles. The number of aryl methyl sites for hydroxylation is 2. The van der Waals surface area contributed by atoms with Crippen LogP contribution < -0.4 is 24.0 Å². The third-order valence-corrected chi connectivity index (χ3v) is 1.11. The fourth-order valence-corrected chi connectivity index (χ4v) is 0.648. The molecule has 0 saturated carbocycles. The van der Waals surface area contributed by atoms with Gasteiger partial charge in [0.2, 0.25) is 11.8 Å². The Morgan fingerprint density at radius 3 is 2.67 bits per heavy atom. The minimum Gasteiger partial charge on any atom is -0.550 e. The molecule has 0 aliphatic carbocycles. The summed E-state index contributed by atoms with van der Waals surface area (Å²) in [6.45, 7) is 1.65. The van der Waals surface area contributed by atoms with E-state index in [0.29, 0.717) is 11.8 Å². The molecule has 1 rings (SSSR count). The molecule has 0 aliphatic heterocycles. The maximum absolute atomic E-state index is 9.98. The van der Waals surface area contributed by atoms with Crippen LogP contribution in [0.1, 0.15) is 18.2 Å². The van der Waals surface area contributed by atoms with Gasteiger partial charge in [0.25, 0.3) is 0 Å². The first-order chi connectivity index (χ1) is 5.18.